The van der Waals surface area contributed by atoms with E-state index in [-0.39, 0.29) is 6.00 Å². The number of halogens is 3. The Balaban J connectivity index is 2.98. The van der Waals surface area contributed by atoms with Crippen LogP contribution in [0.4, 0.5) is 10.5 Å². The Morgan fingerprint density at radius 3 is 2.62 bits per heavy atom. The molecule has 0 aliphatic heterocycles. The summed E-state index contributed by atoms with van der Waals surface area (Å²) in [4.78, 5) is 12.1. The Morgan fingerprint density at radius 2 is 2.15 bits per heavy atom. The number of benzene rings is 1. The first kappa shape index (κ1) is 10.6. The van der Waals surface area contributed by atoms with E-state index in [1.807, 2.05) is 0 Å². The lowest BCUT2D eigenvalue weighted by molar-refractivity contribution is 0.265. The normalized spacial score (nSPS) is 9.77. The molecule has 0 N–H and O–H groups in total. The molecular formula is C8H6Cl3NO. The predicted octanol–water partition coefficient (Wildman–Crippen LogP) is 3.70. The van der Waals surface area contributed by atoms with Gasteiger partial charge < -0.3 is 0 Å². The van der Waals surface area contributed by atoms with Crippen molar-refractivity contribution in [3.63, 3.8) is 0 Å². The molecule has 1 amide bonds. The molecule has 13 heavy (non-hydrogen) atoms. The average Bonchev–Trinajstić information content (AvgIpc) is 2.04. The van der Waals surface area contributed by atoms with Crippen molar-refractivity contribution in [1.82, 2.24) is 0 Å². The van der Waals surface area contributed by atoms with Gasteiger partial charge >= 0.3 is 5.37 Å². The van der Waals surface area contributed by atoms with Crippen LogP contribution in [-0.2, 0) is 0 Å². The van der Waals surface area contributed by atoms with Crippen LogP contribution < -0.4 is 4.90 Å². The number of anilines is 1. The van der Waals surface area contributed by atoms with Crippen molar-refractivity contribution in [2.24, 2.45) is 0 Å². The second kappa shape index (κ2) is 4.70. The summed E-state index contributed by atoms with van der Waals surface area (Å²) in [7, 11) is 0. The molecule has 0 spiro atoms. The molecule has 70 valence electrons. The minimum atomic E-state index is -0.628. The zero-order valence-corrected chi connectivity index (χ0v) is 8.77. The van der Waals surface area contributed by atoms with Gasteiger partial charge in [-0.1, -0.05) is 17.7 Å². The molecule has 0 fully saturated rings. The summed E-state index contributed by atoms with van der Waals surface area (Å²) < 4.78 is 0. The average molecular weight is 239 g/mol. The van der Waals surface area contributed by atoms with Crippen LogP contribution >= 0.6 is 34.8 Å². The summed E-state index contributed by atoms with van der Waals surface area (Å²) in [5.74, 6) is 0. The summed E-state index contributed by atoms with van der Waals surface area (Å²) in [5.41, 5.74) is 0.586. The zero-order chi connectivity index (χ0) is 9.84. The lowest BCUT2D eigenvalue weighted by Crippen LogP contribution is -2.23. The molecule has 0 unspecified atom stereocenters. The smallest absolute Gasteiger partial charge is 0.285 e. The molecule has 0 saturated heterocycles. The highest BCUT2D eigenvalue weighted by Crippen LogP contribution is 2.20. The monoisotopic (exact) mass is 237 g/mol. The minimum Gasteiger partial charge on any atom is -0.285 e. The molecule has 0 aliphatic rings. The Morgan fingerprint density at radius 1 is 1.46 bits per heavy atom. The van der Waals surface area contributed by atoms with E-state index in [2.05, 4.69) is 0 Å². The molecule has 0 saturated carbocycles. The quantitative estimate of drug-likeness (QED) is 0.437. The SMILES string of the molecule is O=C(Cl)N(CCl)c1cccc(Cl)c1. The summed E-state index contributed by atoms with van der Waals surface area (Å²) in [6.45, 7) is 0. The van der Waals surface area contributed by atoms with Crippen molar-refractivity contribution in [2.45, 2.75) is 0 Å². The van der Waals surface area contributed by atoms with Gasteiger partial charge in [-0.05, 0) is 29.8 Å². The van der Waals surface area contributed by atoms with Gasteiger partial charge in [-0.2, -0.15) is 0 Å². The van der Waals surface area contributed by atoms with Crippen molar-refractivity contribution in [3.05, 3.63) is 29.3 Å². The van der Waals surface area contributed by atoms with Crippen LogP contribution in [0.1, 0.15) is 0 Å². The van der Waals surface area contributed by atoms with Crippen molar-refractivity contribution >= 4 is 45.9 Å². The van der Waals surface area contributed by atoms with Gasteiger partial charge in [0.2, 0.25) is 0 Å². The van der Waals surface area contributed by atoms with Gasteiger partial charge in [0.15, 0.2) is 0 Å². The van der Waals surface area contributed by atoms with Gasteiger partial charge in [0.1, 0.15) is 6.00 Å². The third-order valence-electron chi connectivity index (χ3n) is 1.45. The van der Waals surface area contributed by atoms with Gasteiger partial charge in [0.05, 0.1) is 0 Å². The zero-order valence-electron chi connectivity index (χ0n) is 6.51. The summed E-state index contributed by atoms with van der Waals surface area (Å²) in [5, 5.41) is -0.0946. The fraction of sp³-hybridized carbons (Fsp3) is 0.125. The van der Waals surface area contributed by atoms with Crippen LogP contribution in [-0.4, -0.2) is 11.4 Å². The predicted molar refractivity (Wildman–Crippen MR) is 55.9 cm³/mol. The second-order valence-electron chi connectivity index (χ2n) is 2.28. The maximum absolute atomic E-state index is 10.9. The number of rotatable bonds is 2. The summed E-state index contributed by atoms with van der Waals surface area (Å²) in [6, 6.07) is 6.74. The molecule has 0 radical (unpaired) electrons. The van der Waals surface area contributed by atoms with E-state index >= 15 is 0 Å². The van der Waals surface area contributed by atoms with Gasteiger partial charge in [-0.25, -0.2) is 0 Å². The first-order valence-corrected chi connectivity index (χ1v) is 4.72. The third kappa shape index (κ3) is 2.76. The van der Waals surface area contributed by atoms with Gasteiger partial charge in [0, 0.05) is 10.7 Å². The van der Waals surface area contributed by atoms with Crippen molar-refractivity contribution in [2.75, 3.05) is 10.9 Å². The molecule has 0 atom stereocenters. The maximum atomic E-state index is 10.9. The van der Waals surface area contributed by atoms with Gasteiger partial charge in [0.25, 0.3) is 0 Å². The van der Waals surface area contributed by atoms with E-state index in [0.29, 0.717) is 10.7 Å². The van der Waals surface area contributed by atoms with E-state index in [1.54, 1.807) is 24.3 Å². The lowest BCUT2D eigenvalue weighted by Gasteiger charge is -2.15. The van der Waals surface area contributed by atoms with E-state index < -0.39 is 5.37 Å². The Kier molecular flexibility index (Phi) is 3.85. The fourth-order valence-corrected chi connectivity index (χ4v) is 1.51. The Bertz CT molecular complexity index is 316. The number of nitrogens with zero attached hydrogens (tertiary/aromatic N) is 1. The van der Waals surface area contributed by atoms with Crippen molar-refractivity contribution in [1.29, 1.82) is 0 Å². The lowest BCUT2D eigenvalue weighted by atomic mass is 10.3. The van der Waals surface area contributed by atoms with Gasteiger partial charge in [-0.15, -0.1) is 11.6 Å². The molecule has 0 aromatic heterocycles. The topological polar surface area (TPSA) is 20.3 Å². The molecular weight excluding hydrogens is 232 g/mol. The first-order valence-electron chi connectivity index (χ1n) is 3.43. The van der Waals surface area contributed by atoms with Gasteiger partial charge in [-0.3, -0.25) is 9.69 Å². The van der Waals surface area contributed by atoms with Crippen LogP contribution in [0.5, 0.6) is 0 Å². The summed E-state index contributed by atoms with van der Waals surface area (Å²) >= 11 is 16.5. The molecule has 0 bridgehead atoms. The van der Waals surface area contributed by atoms with Crippen LogP contribution in [0.25, 0.3) is 0 Å². The highest BCUT2D eigenvalue weighted by molar-refractivity contribution is 6.66. The third-order valence-corrected chi connectivity index (χ3v) is 2.13. The van der Waals surface area contributed by atoms with Crippen LogP contribution in [0.15, 0.2) is 24.3 Å². The number of hydrogen-bond acceptors (Lipinski definition) is 1. The van der Waals surface area contributed by atoms with Crippen molar-refractivity contribution < 1.29 is 4.79 Å². The number of alkyl halides is 1. The molecule has 0 aliphatic carbocycles. The standard InChI is InChI=1S/C8H6Cl3NO/c9-5-12(8(11)13)7-3-1-2-6(10)4-7/h1-4H,5H2. The van der Waals surface area contributed by atoms with Crippen LogP contribution in [0, 0.1) is 0 Å². The largest absolute Gasteiger partial charge is 0.321 e. The molecule has 2 nitrogen and oxygen atoms in total. The molecule has 1 aromatic carbocycles. The molecule has 1 rings (SSSR count). The maximum Gasteiger partial charge on any atom is 0.321 e. The summed E-state index contributed by atoms with van der Waals surface area (Å²) in [6.07, 6.45) is 0. The number of hydrogen-bond donors (Lipinski definition) is 0. The molecule has 0 heterocycles. The van der Waals surface area contributed by atoms with Crippen LogP contribution in [0.2, 0.25) is 5.02 Å². The van der Waals surface area contributed by atoms with Crippen molar-refractivity contribution in [3.8, 4) is 0 Å². The number of amides is 1. The Hall–Kier alpha value is -0.440. The van der Waals surface area contributed by atoms with E-state index in [4.69, 9.17) is 34.8 Å². The van der Waals surface area contributed by atoms with E-state index in [1.165, 1.54) is 4.90 Å². The fourth-order valence-electron chi connectivity index (χ4n) is 0.862. The Labute approximate surface area is 91.0 Å². The number of carbonyl (C=O) groups is 1. The second-order valence-corrected chi connectivity index (χ2v) is 3.28. The highest BCUT2D eigenvalue weighted by atomic mass is 35.5. The van der Waals surface area contributed by atoms with Crippen LogP contribution in [0.3, 0.4) is 0 Å². The highest BCUT2D eigenvalue weighted by Gasteiger charge is 2.11. The minimum absolute atomic E-state index is 0.00265. The van der Waals surface area contributed by atoms with E-state index in [0.717, 1.165) is 0 Å². The first-order chi connectivity index (χ1) is 6.15. The molecule has 1 aromatic rings. The van der Waals surface area contributed by atoms with E-state index in [9.17, 15) is 4.79 Å². The molecule has 5 heteroatoms. The number of carbonyl (C=O) groups excluding carboxylic acids is 1.